The molecular formula is C10H7N3O4. The van der Waals surface area contributed by atoms with Crippen molar-refractivity contribution in [3.8, 4) is 11.5 Å². The summed E-state index contributed by atoms with van der Waals surface area (Å²) in [6.07, 6.45) is 1.72. The van der Waals surface area contributed by atoms with Crippen LogP contribution in [-0.4, -0.2) is 21.2 Å². The van der Waals surface area contributed by atoms with E-state index in [-0.39, 0.29) is 17.1 Å². The number of aromatic nitrogens is 2. The summed E-state index contributed by atoms with van der Waals surface area (Å²) in [7, 11) is 0. The van der Waals surface area contributed by atoms with Crippen LogP contribution in [0.1, 0.15) is 10.4 Å². The van der Waals surface area contributed by atoms with Crippen molar-refractivity contribution in [2.75, 3.05) is 5.73 Å². The van der Waals surface area contributed by atoms with E-state index in [0.717, 1.165) is 5.39 Å². The normalized spacial score (nSPS) is 11.1. The zero-order valence-electron chi connectivity index (χ0n) is 8.43. The second-order valence-corrected chi connectivity index (χ2v) is 3.45. The molecule has 0 bridgehead atoms. The fourth-order valence-corrected chi connectivity index (χ4v) is 1.64. The molecule has 0 aliphatic rings. The third-order valence-corrected chi connectivity index (χ3v) is 2.40. The van der Waals surface area contributed by atoms with Gasteiger partial charge in [-0.05, 0) is 12.1 Å². The number of aromatic amines is 1. The van der Waals surface area contributed by atoms with Crippen LogP contribution in [-0.2, 0) is 0 Å². The maximum atomic E-state index is 11.0. The standard InChI is InChI=1S/C10H7N3O4/c11-8-6(10(14)15)7(13-17-8)5-3-4-1-2-12-9(4)16-5/h1-3,12H,11H2,(H,14,15). The fraction of sp³-hybridized carbons (Fsp3) is 0. The van der Waals surface area contributed by atoms with E-state index in [1.807, 2.05) is 0 Å². The third-order valence-electron chi connectivity index (χ3n) is 2.40. The minimum absolute atomic E-state index is 0.0830. The molecule has 7 nitrogen and oxygen atoms in total. The molecular weight excluding hydrogens is 226 g/mol. The van der Waals surface area contributed by atoms with E-state index in [1.54, 1.807) is 18.3 Å². The number of carbonyl (C=O) groups is 1. The first kappa shape index (κ1) is 9.52. The van der Waals surface area contributed by atoms with Crippen LogP contribution in [0.3, 0.4) is 0 Å². The van der Waals surface area contributed by atoms with E-state index in [2.05, 4.69) is 14.7 Å². The van der Waals surface area contributed by atoms with Gasteiger partial charge in [0.05, 0.1) is 0 Å². The van der Waals surface area contributed by atoms with Gasteiger partial charge in [0.1, 0.15) is 0 Å². The SMILES string of the molecule is Nc1onc(-c2cc3cc[nH]c3o2)c1C(=O)O. The van der Waals surface area contributed by atoms with Crippen LogP contribution in [0.4, 0.5) is 5.88 Å². The number of H-pyrrole nitrogens is 1. The molecule has 17 heavy (non-hydrogen) atoms. The number of furan rings is 1. The lowest BCUT2D eigenvalue weighted by Gasteiger charge is -1.92. The van der Waals surface area contributed by atoms with Crippen molar-refractivity contribution in [2.45, 2.75) is 0 Å². The number of fused-ring (bicyclic) bond motifs is 1. The predicted molar refractivity (Wildman–Crippen MR) is 57.4 cm³/mol. The highest BCUT2D eigenvalue weighted by atomic mass is 16.5. The minimum Gasteiger partial charge on any atom is -0.477 e. The van der Waals surface area contributed by atoms with E-state index in [9.17, 15) is 4.79 Å². The molecule has 0 atom stereocenters. The van der Waals surface area contributed by atoms with Gasteiger partial charge in [-0.15, -0.1) is 0 Å². The average Bonchev–Trinajstić information content (AvgIpc) is 2.88. The van der Waals surface area contributed by atoms with Gasteiger partial charge in [-0.2, -0.15) is 0 Å². The van der Waals surface area contributed by atoms with Crippen molar-refractivity contribution in [1.29, 1.82) is 0 Å². The molecule has 0 aromatic carbocycles. The van der Waals surface area contributed by atoms with Gasteiger partial charge in [0, 0.05) is 11.6 Å². The Labute approximate surface area is 93.8 Å². The summed E-state index contributed by atoms with van der Waals surface area (Å²) in [5.41, 5.74) is 5.82. The van der Waals surface area contributed by atoms with E-state index in [0.29, 0.717) is 11.5 Å². The van der Waals surface area contributed by atoms with Crippen LogP contribution < -0.4 is 5.73 Å². The maximum Gasteiger partial charge on any atom is 0.343 e. The Morgan fingerprint density at radius 1 is 1.53 bits per heavy atom. The molecule has 0 fully saturated rings. The second kappa shape index (κ2) is 3.14. The largest absolute Gasteiger partial charge is 0.477 e. The van der Waals surface area contributed by atoms with E-state index >= 15 is 0 Å². The number of anilines is 1. The molecule has 4 N–H and O–H groups in total. The number of aromatic carboxylic acids is 1. The minimum atomic E-state index is -1.21. The van der Waals surface area contributed by atoms with Crippen LogP contribution in [0, 0.1) is 0 Å². The molecule has 86 valence electrons. The van der Waals surface area contributed by atoms with Gasteiger partial charge in [-0.3, -0.25) is 0 Å². The smallest absolute Gasteiger partial charge is 0.343 e. The number of carboxylic acid groups (broad SMARTS) is 1. The summed E-state index contributed by atoms with van der Waals surface area (Å²) in [5.74, 6) is -1.16. The molecule has 3 rings (SSSR count). The van der Waals surface area contributed by atoms with Crippen molar-refractivity contribution in [2.24, 2.45) is 0 Å². The average molecular weight is 233 g/mol. The lowest BCUT2D eigenvalue weighted by Crippen LogP contribution is -2.00. The van der Waals surface area contributed by atoms with Gasteiger partial charge in [0.15, 0.2) is 17.0 Å². The number of nitrogen functional groups attached to an aromatic ring is 1. The number of nitrogens with one attached hydrogen (secondary N) is 1. The fourth-order valence-electron chi connectivity index (χ4n) is 1.64. The number of rotatable bonds is 2. The van der Waals surface area contributed by atoms with Crippen LogP contribution in [0.25, 0.3) is 22.6 Å². The van der Waals surface area contributed by atoms with Gasteiger partial charge in [0.2, 0.25) is 11.6 Å². The predicted octanol–water partition coefficient (Wildman–Crippen LogP) is 1.70. The molecule has 0 saturated carbocycles. The Morgan fingerprint density at radius 2 is 2.35 bits per heavy atom. The number of carboxylic acids is 1. The summed E-state index contributed by atoms with van der Waals surface area (Å²) in [6.45, 7) is 0. The molecule has 0 amide bonds. The number of hydrogen-bond donors (Lipinski definition) is 3. The molecule has 0 radical (unpaired) electrons. The summed E-state index contributed by atoms with van der Waals surface area (Å²) < 4.78 is 10.1. The first-order valence-electron chi connectivity index (χ1n) is 4.72. The molecule has 3 aromatic heterocycles. The van der Waals surface area contributed by atoms with Crippen molar-refractivity contribution in [3.05, 3.63) is 23.9 Å². The number of hydrogen-bond acceptors (Lipinski definition) is 5. The van der Waals surface area contributed by atoms with Crippen molar-refractivity contribution in [1.82, 2.24) is 10.1 Å². The molecule has 0 saturated heterocycles. The molecule has 7 heteroatoms. The zero-order chi connectivity index (χ0) is 12.0. The van der Waals surface area contributed by atoms with Gasteiger partial charge in [-0.25, -0.2) is 4.79 Å². The number of nitrogens with zero attached hydrogens (tertiary/aromatic N) is 1. The zero-order valence-corrected chi connectivity index (χ0v) is 8.43. The first-order chi connectivity index (χ1) is 8.16. The highest BCUT2D eigenvalue weighted by Gasteiger charge is 2.24. The Balaban J connectivity index is 2.22. The molecule has 3 aromatic rings. The van der Waals surface area contributed by atoms with Crippen LogP contribution >= 0.6 is 0 Å². The van der Waals surface area contributed by atoms with E-state index in [1.165, 1.54) is 0 Å². The van der Waals surface area contributed by atoms with Crippen LogP contribution in [0.2, 0.25) is 0 Å². The summed E-state index contributed by atoms with van der Waals surface area (Å²) in [6, 6.07) is 3.46. The lowest BCUT2D eigenvalue weighted by molar-refractivity contribution is 0.0698. The number of nitrogens with two attached hydrogens (primary N) is 1. The Bertz CT molecular complexity index is 678. The molecule has 0 spiro atoms. The van der Waals surface area contributed by atoms with Crippen molar-refractivity contribution < 1.29 is 18.8 Å². The molecule has 0 aliphatic heterocycles. The highest BCUT2D eigenvalue weighted by Crippen LogP contribution is 2.31. The molecule has 3 heterocycles. The summed E-state index contributed by atoms with van der Waals surface area (Å²) in [5, 5.41) is 13.4. The van der Waals surface area contributed by atoms with E-state index in [4.69, 9.17) is 15.3 Å². The highest BCUT2D eigenvalue weighted by molar-refractivity contribution is 5.99. The summed E-state index contributed by atoms with van der Waals surface area (Å²) >= 11 is 0. The third kappa shape index (κ3) is 1.29. The summed E-state index contributed by atoms with van der Waals surface area (Å²) in [4.78, 5) is 13.9. The quantitative estimate of drug-likeness (QED) is 0.619. The first-order valence-corrected chi connectivity index (χ1v) is 4.72. The van der Waals surface area contributed by atoms with E-state index < -0.39 is 5.97 Å². The van der Waals surface area contributed by atoms with Crippen molar-refractivity contribution in [3.63, 3.8) is 0 Å². The maximum absolute atomic E-state index is 11.0. The lowest BCUT2D eigenvalue weighted by atomic mass is 10.2. The molecule has 0 aliphatic carbocycles. The van der Waals surface area contributed by atoms with Gasteiger partial charge in [0.25, 0.3) is 0 Å². The Hall–Kier alpha value is -2.70. The van der Waals surface area contributed by atoms with Crippen molar-refractivity contribution >= 4 is 23.0 Å². The molecule has 0 unspecified atom stereocenters. The van der Waals surface area contributed by atoms with Crippen LogP contribution in [0.15, 0.2) is 27.3 Å². The van der Waals surface area contributed by atoms with Gasteiger partial charge in [-0.1, -0.05) is 5.16 Å². The Kier molecular flexibility index (Phi) is 1.76. The topological polar surface area (TPSA) is 118 Å². The van der Waals surface area contributed by atoms with Gasteiger partial charge >= 0.3 is 5.97 Å². The van der Waals surface area contributed by atoms with Crippen LogP contribution in [0.5, 0.6) is 0 Å². The van der Waals surface area contributed by atoms with Gasteiger partial charge < -0.3 is 24.8 Å². The second-order valence-electron chi connectivity index (χ2n) is 3.45. The monoisotopic (exact) mass is 233 g/mol. The Morgan fingerprint density at radius 3 is 3.06 bits per heavy atom.